The van der Waals surface area contributed by atoms with Crippen molar-refractivity contribution in [3.8, 4) is 0 Å². The largest absolute Gasteiger partial charge is 0.402 e. The van der Waals surface area contributed by atoms with Crippen LogP contribution in [-0.4, -0.2) is 11.3 Å². The van der Waals surface area contributed by atoms with Crippen molar-refractivity contribution in [1.29, 1.82) is 0 Å². The number of halogens is 2. The van der Waals surface area contributed by atoms with Gasteiger partial charge in [0.2, 0.25) is 0 Å². The monoisotopic (exact) mass is 280 g/mol. The molecule has 2 aliphatic carbocycles. The number of non-ortho nitro benzene ring substituents is 1. The highest BCUT2D eigenvalue weighted by molar-refractivity contribution is 5.45. The summed E-state index contributed by atoms with van der Waals surface area (Å²) in [5.74, 6) is 0.00469. The topological polar surface area (TPSA) is 69.2 Å². The summed E-state index contributed by atoms with van der Waals surface area (Å²) in [6.07, 6.45) is 0.141. The molecule has 0 amide bonds. The number of nitrogens with zero attached hydrogens (tertiary/aromatic N) is 1. The smallest absolute Gasteiger partial charge is 0.269 e. The molecule has 0 spiro atoms. The van der Waals surface area contributed by atoms with Crippen molar-refractivity contribution in [3.63, 3.8) is 0 Å². The summed E-state index contributed by atoms with van der Waals surface area (Å²) < 4.78 is 27.5. The number of nitro groups is 1. The summed E-state index contributed by atoms with van der Waals surface area (Å²) in [7, 11) is 0. The third-order valence-corrected chi connectivity index (χ3v) is 4.38. The molecule has 0 heterocycles. The number of nitrogens with two attached hydrogens (primary N) is 1. The van der Waals surface area contributed by atoms with Crippen molar-refractivity contribution in [2.75, 3.05) is 0 Å². The average molecular weight is 280 g/mol. The Morgan fingerprint density at radius 1 is 1.45 bits per heavy atom. The highest BCUT2D eigenvalue weighted by atomic mass is 19.3. The Bertz CT molecular complexity index is 603. The minimum Gasteiger partial charge on any atom is -0.402 e. The first-order valence-electron chi connectivity index (χ1n) is 6.45. The Morgan fingerprint density at radius 2 is 2.20 bits per heavy atom. The molecule has 3 atom stereocenters. The van der Waals surface area contributed by atoms with Crippen LogP contribution in [-0.2, 0) is 5.41 Å². The first kappa shape index (κ1) is 13.0. The van der Waals surface area contributed by atoms with E-state index in [1.54, 1.807) is 0 Å². The molecule has 6 heteroatoms. The number of hydrogen-bond acceptors (Lipinski definition) is 3. The Kier molecular flexibility index (Phi) is 2.77. The molecule has 1 aromatic rings. The second-order valence-corrected chi connectivity index (χ2v) is 5.57. The van der Waals surface area contributed by atoms with E-state index in [2.05, 4.69) is 0 Å². The normalized spacial score (nSPS) is 31.6. The van der Waals surface area contributed by atoms with Gasteiger partial charge in [-0.05, 0) is 36.3 Å². The molecule has 106 valence electrons. The molecule has 2 aliphatic rings. The molecule has 0 bridgehead atoms. The molecular weight excluding hydrogens is 266 g/mol. The van der Waals surface area contributed by atoms with Crippen molar-refractivity contribution < 1.29 is 13.7 Å². The van der Waals surface area contributed by atoms with Gasteiger partial charge in [0.25, 0.3) is 12.1 Å². The molecule has 1 fully saturated rings. The lowest BCUT2D eigenvalue weighted by molar-refractivity contribution is -0.385. The molecule has 0 saturated heterocycles. The van der Waals surface area contributed by atoms with Crippen LogP contribution in [0.5, 0.6) is 0 Å². The van der Waals surface area contributed by atoms with Gasteiger partial charge in [-0.2, -0.15) is 0 Å². The fourth-order valence-electron chi connectivity index (χ4n) is 3.37. The first-order valence-corrected chi connectivity index (χ1v) is 6.45. The van der Waals surface area contributed by atoms with Gasteiger partial charge >= 0.3 is 0 Å². The number of fused-ring (bicyclic) bond motifs is 1. The predicted octanol–water partition coefficient (Wildman–Crippen LogP) is 2.98. The standard InChI is InChI=1S/C14H14F2N2O2/c15-13(16)14(7-10(17)4-8-5-12(8)14)9-2-1-3-11(6-9)18(19)20/h1-3,6-8,12-13H,4-5,17H2/t8-,12+,14-/m0/s1. The molecule has 0 radical (unpaired) electrons. The van der Waals surface area contributed by atoms with Gasteiger partial charge < -0.3 is 5.73 Å². The van der Waals surface area contributed by atoms with Crippen LogP contribution in [0.25, 0.3) is 0 Å². The number of alkyl halides is 2. The van der Waals surface area contributed by atoms with Crippen molar-refractivity contribution >= 4 is 5.69 Å². The summed E-state index contributed by atoms with van der Waals surface area (Å²) in [4.78, 5) is 10.3. The zero-order chi connectivity index (χ0) is 14.5. The molecule has 4 nitrogen and oxygen atoms in total. The molecule has 1 aromatic carbocycles. The predicted molar refractivity (Wildman–Crippen MR) is 69.3 cm³/mol. The maximum Gasteiger partial charge on any atom is 0.269 e. The fraction of sp³-hybridized carbons (Fsp3) is 0.429. The zero-order valence-corrected chi connectivity index (χ0v) is 10.6. The van der Waals surface area contributed by atoms with Crippen molar-refractivity contribution in [3.05, 3.63) is 51.7 Å². The van der Waals surface area contributed by atoms with E-state index in [4.69, 9.17) is 5.73 Å². The lowest BCUT2D eigenvalue weighted by atomic mass is 9.72. The third-order valence-electron chi connectivity index (χ3n) is 4.38. The molecule has 3 rings (SSSR count). The molecule has 2 N–H and O–H groups in total. The number of rotatable bonds is 3. The highest BCUT2D eigenvalue weighted by Gasteiger charge is 2.59. The quantitative estimate of drug-likeness (QED) is 0.683. The number of allylic oxidation sites excluding steroid dienone is 2. The van der Waals surface area contributed by atoms with E-state index in [9.17, 15) is 18.9 Å². The maximum absolute atomic E-state index is 13.8. The minimum atomic E-state index is -2.63. The second kappa shape index (κ2) is 4.26. The lowest BCUT2D eigenvalue weighted by Gasteiger charge is -2.34. The van der Waals surface area contributed by atoms with Gasteiger partial charge in [-0.3, -0.25) is 10.1 Å². The van der Waals surface area contributed by atoms with E-state index in [0.29, 0.717) is 18.5 Å². The van der Waals surface area contributed by atoms with E-state index in [-0.39, 0.29) is 23.1 Å². The summed E-state index contributed by atoms with van der Waals surface area (Å²) >= 11 is 0. The van der Waals surface area contributed by atoms with Gasteiger partial charge in [-0.1, -0.05) is 12.1 Å². The molecule has 0 unspecified atom stereocenters. The minimum absolute atomic E-state index is 0.169. The number of benzene rings is 1. The summed E-state index contributed by atoms with van der Waals surface area (Å²) in [5.41, 5.74) is 4.89. The second-order valence-electron chi connectivity index (χ2n) is 5.57. The Balaban J connectivity index is 2.14. The van der Waals surface area contributed by atoms with Gasteiger partial charge in [0.1, 0.15) is 0 Å². The molecule has 0 aliphatic heterocycles. The van der Waals surface area contributed by atoms with Crippen LogP contribution < -0.4 is 5.73 Å². The van der Waals surface area contributed by atoms with Crippen LogP contribution >= 0.6 is 0 Å². The Labute approximate surface area is 114 Å². The number of hydrogen-bond donors (Lipinski definition) is 1. The van der Waals surface area contributed by atoms with E-state index in [1.807, 2.05) is 0 Å². The Morgan fingerprint density at radius 3 is 2.85 bits per heavy atom. The Hall–Kier alpha value is -1.98. The summed E-state index contributed by atoms with van der Waals surface area (Å²) in [6.45, 7) is 0. The highest BCUT2D eigenvalue weighted by Crippen LogP contribution is 2.60. The van der Waals surface area contributed by atoms with Crippen LogP contribution in [0.4, 0.5) is 14.5 Å². The zero-order valence-electron chi connectivity index (χ0n) is 10.6. The van der Waals surface area contributed by atoms with Crippen LogP contribution in [0, 0.1) is 22.0 Å². The van der Waals surface area contributed by atoms with Crippen LogP contribution in [0.3, 0.4) is 0 Å². The van der Waals surface area contributed by atoms with E-state index < -0.39 is 16.8 Å². The van der Waals surface area contributed by atoms with Gasteiger partial charge in [0.15, 0.2) is 0 Å². The third kappa shape index (κ3) is 1.78. The summed E-state index contributed by atoms with van der Waals surface area (Å²) in [5, 5.41) is 10.8. The lowest BCUT2D eigenvalue weighted by Crippen LogP contribution is -2.38. The number of nitro benzene ring substituents is 1. The summed E-state index contributed by atoms with van der Waals surface area (Å²) in [6, 6.07) is 5.54. The maximum atomic E-state index is 13.8. The van der Waals surface area contributed by atoms with Gasteiger partial charge in [-0.15, -0.1) is 0 Å². The van der Waals surface area contributed by atoms with Crippen molar-refractivity contribution in [2.24, 2.45) is 17.6 Å². The fourth-order valence-corrected chi connectivity index (χ4v) is 3.37. The molecular formula is C14H14F2N2O2. The molecule has 20 heavy (non-hydrogen) atoms. The SMILES string of the molecule is NC1=C[C@@](c2cccc([N+](=O)[O-])c2)(C(F)F)[C@@H]2C[C@@H]2C1. The van der Waals surface area contributed by atoms with Gasteiger partial charge in [-0.25, -0.2) is 8.78 Å². The first-order chi connectivity index (χ1) is 9.45. The van der Waals surface area contributed by atoms with Crippen molar-refractivity contribution in [1.82, 2.24) is 0 Å². The van der Waals surface area contributed by atoms with Crippen molar-refractivity contribution in [2.45, 2.75) is 24.7 Å². The van der Waals surface area contributed by atoms with E-state index in [0.717, 1.165) is 0 Å². The average Bonchev–Trinajstić information content (AvgIpc) is 3.16. The van der Waals surface area contributed by atoms with E-state index in [1.165, 1.54) is 30.3 Å². The van der Waals surface area contributed by atoms with Gasteiger partial charge in [0, 0.05) is 17.8 Å². The van der Waals surface area contributed by atoms with E-state index >= 15 is 0 Å². The molecule has 0 aromatic heterocycles. The van der Waals surface area contributed by atoms with Crippen LogP contribution in [0.2, 0.25) is 0 Å². The molecule has 1 saturated carbocycles. The van der Waals surface area contributed by atoms with Crippen LogP contribution in [0.1, 0.15) is 18.4 Å². The van der Waals surface area contributed by atoms with Gasteiger partial charge in [0.05, 0.1) is 10.3 Å². The van der Waals surface area contributed by atoms with Crippen LogP contribution in [0.15, 0.2) is 36.0 Å².